The lowest BCUT2D eigenvalue weighted by atomic mass is 10.1. The summed E-state index contributed by atoms with van der Waals surface area (Å²) in [5, 5.41) is 1.68. The van der Waals surface area contributed by atoms with Crippen LogP contribution in [0.15, 0.2) is 64.9 Å². The third-order valence-corrected chi connectivity index (χ3v) is 8.30. The Hall–Kier alpha value is -2.75. The second-order valence-electron chi connectivity index (χ2n) is 7.03. The number of sulfonamides is 1. The third-order valence-electron chi connectivity index (χ3n) is 5.23. The number of esters is 1. The Balaban J connectivity index is 1.65. The van der Waals surface area contributed by atoms with Crippen LogP contribution in [0.5, 0.6) is 0 Å². The molecule has 31 heavy (non-hydrogen) atoms. The highest BCUT2D eigenvalue weighted by Gasteiger charge is 2.36. The molecule has 0 spiro atoms. The molecule has 0 N–H and O–H groups in total. The lowest BCUT2D eigenvalue weighted by molar-refractivity contribution is 0.0602. The number of piperazine rings is 1. The molecule has 2 aromatic carbocycles. The third kappa shape index (κ3) is 4.21. The summed E-state index contributed by atoms with van der Waals surface area (Å²) in [5.41, 5.74) is 2.05. The van der Waals surface area contributed by atoms with Crippen molar-refractivity contribution >= 4 is 33.0 Å². The molecular formula is C22H21FN2O4S2. The number of benzene rings is 2. The molecular weight excluding hydrogens is 439 g/mol. The summed E-state index contributed by atoms with van der Waals surface area (Å²) in [5.74, 6) is -0.984. The quantitative estimate of drug-likeness (QED) is 0.541. The Morgan fingerprint density at radius 3 is 2.26 bits per heavy atom. The molecule has 0 atom stereocenters. The fraction of sp³-hybridized carbons (Fsp3) is 0.227. The highest BCUT2D eigenvalue weighted by molar-refractivity contribution is 7.89. The monoisotopic (exact) mass is 460 g/mol. The van der Waals surface area contributed by atoms with Gasteiger partial charge in [0.2, 0.25) is 10.0 Å². The van der Waals surface area contributed by atoms with Crippen LogP contribution < -0.4 is 4.90 Å². The van der Waals surface area contributed by atoms with Gasteiger partial charge in [-0.05, 0) is 29.8 Å². The molecule has 2 heterocycles. The minimum absolute atomic E-state index is 0.00854. The number of methoxy groups -OCH3 is 1. The van der Waals surface area contributed by atoms with E-state index in [9.17, 15) is 17.6 Å². The summed E-state index contributed by atoms with van der Waals surface area (Å²) >= 11 is 1.07. The molecule has 1 aromatic heterocycles. The molecule has 0 unspecified atom stereocenters. The number of hydrogen-bond acceptors (Lipinski definition) is 6. The summed E-state index contributed by atoms with van der Waals surface area (Å²) in [6.45, 7) is 1.43. The molecule has 0 aliphatic carbocycles. The highest BCUT2D eigenvalue weighted by atomic mass is 32.2. The summed E-state index contributed by atoms with van der Waals surface area (Å²) < 4.78 is 46.7. The molecule has 3 aromatic rings. The molecule has 6 nitrogen and oxygen atoms in total. The first-order valence-corrected chi connectivity index (χ1v) is 12.0. The van der Waals surface area contributed by atoms with E-state index in [0.29, 0.717) is 18.7 Å². The Labute approximate surface area is 184 Å². The van der Waals surface area contributed by atoms with E-state index in [-0.39, 0.29) is 28.7 Å². The van der Waals surface area contributed by atoms with E-state index in [1.54, 1.807) is 17.5 Å². The van der Waals surface area contributed by atoms with Crippen LogP contribution >= 0.6 is 11.3 Å². The van der Waals surface area contributed by atoms with Crippen LogP contribution in [0.4, 0.5) is 10.1 Å². The van der Waals surface area contributed by atoms with E-state index in [1.807, 2.05) is 35.2 Å². The molecule has 0 bridgehead atoms. The highest BCUT2D eigenvalue weighted by Crippen LogP contribution is 2.37. The van der Waals surface area contributed by atoms with Crippen LogP contribution in [-0.2, 0) is 14.8 Å². The van der Waals surface area contributed by atoms with Gasteiger partial charge in [-0.1, -0.05) is 30.3 Å². The number of thiophene rings is 1. The summed E-state index contributed by atoms with van der Waals surface area (Å²) in [6, 6.07) is 15.3. The van der Waals surface area contributed by atoms with Gasteiger partial charge >= 0.3 is 5.97 Å². The number of carbonyl (C=O) groups is 1. The standard InChI is InChI=1S/C22H21FN2O4S2/c1-29-22(26)20-21(19(15-30-20)16-5-3-2-4-6-16)31(27,28)25-13-11-24(12-14-25)18-9-7-17(23)8-10-18/h2-10,15H,11-14H2,1H3. The lowest BCUT2D eigenvalue weighted by Crippen LogP contribution is -2.48. The Bertz CT molecular complexity index is 1170. The zero-order valence-corrected chi connectivity index (χ0v) is 18.5. The van der Waals surface area contributed by atoms with Gasteiger partial charge in [-0.15, -0.1) is 11.3 Å². The number of ether oxygens (including phenoxy) is 1. The number of carbonyl (C=O) groups excluding carboxylic acids is 1. The van der Waals surface area contributed by atoms with E-state index in [0.717, 1.165) is 22.6 Å². The molecule has 1 aliphatic rings. The van der Waals surface area contributed by atoms with Crippen molar-refractivity contribution in [3.05, 3.63) is 70.7 Å². The summed E-state index contributed by atoms with van der Waals surface area (Å²) in [7, 11) is -2.70. The number of nitrogens with zero attached hydrogens (tertiary/aromatic N) is 2. The van der Waals surface area contributed by atoms with Gasteiger partial charge in [0.15, 0.2) is 0 Å². The van der Waals surface area contributed by atoms with Gasteiger partial charge in [0.1, 0.15) is 15.6 Å². The van der Waals surface area contributed by atoms with Crippen LogP contribution in [0.3, 0.4) is 0 Å². The van der Waals surface area contributed by atoms with Gasteiger partial charge in [-0.2, -0.15) is 4.31 Å². The summed E-state index contributed by atoms with van der Waals surface area (Å²) in [4.78, 5) is 14.4. The van der Waals surface area contributed by atoms with Crippen molar-refractivity contribution in [2.75, 3.05) is 38.2 Å². The van der Waals surface area contributed by atoms with Crippen molar-refractivity contribution in [2.45, 2.75) is 4.90 Å². The molecule has 0 radical (unpaired) electrons. The van der Waals surface area contributed by atoms with Crippen LogP contribution in [0.1, 0.15) is 9.67 Å². The Morgan fingerprint density at radius 2 is 1.65 bits per heavy atom. The van der Waals surface area contributed by atoms with E-state index >= 15 is 0 Å². The maximum Gasteiger partial charge on any atom is 0.349 e. The van der Waals surface area contributed by atoms with Gasteiger partial charge in [0, 0.05) is 42.8 Å². The molecule has 0 amide bonds. The van der Waals surface area contributed by atoms with Crippen molar-refractivity contribution in [1.29, 1.82) is 0 Å². The average Bonchev–Trinajstić information content (AvgIpc) is 3.26. The molecule has 1 aliphatic heterocycles. The first-order chi connectivity index (χ1) is 14.9. The zero-order valence-electron chi connectivity index (χ0n) is 16.8. The van der Waals surface area contributed by atoms with Gasteiger partial charge in [-0.3, -0.25) is 0 Å². The van der Waals surface area contributed by atoms with E-state index in [2.05, 4.69) is 0 Å². The van der Waals surface area contributed by atoms with Crippen LogP contribution in [-0.4, -0.2) is 52.0 Å². The van der Waals surface area contributed by atoms with E-state index < -0.39 is 16.0 Å². The van der Waals surface area contributed by atoms with E-state index in [1.165, 1.54) is 23.5 Å². The first-order valence-electron chi connectivity index (χ1n) is 9.67. The van der Waals surface area contributed by atoms with Crippen LogP contribution in [0.25, 0.3) is 11.1 Å². The fourth-order valence-electron chi connectivity index (χ4n) is 3.62. The molecule has 162 valence electrons. The molecule has 0 saturated carbocycles. The average molecular weight is 461 g/mol. The smallest absolute Gasteiger partial charge is 0.349 e. The van der Waals surface area contributed by atoms with Crippen LogP contribution in [0, 0.1) is 5.82 Å². The van der Waals surface area contributed by atoms with E-state index in [4.69, 9.17) is 4.74 Å². The molecule has 4 rings (SSSR count). The van der Waals surface area contributed by atoms with Gasteiger partial charge < -0.3 is 9.64 Å². The maximum absolute atomic E-state index is 13.6. The van der Waals surface area contributed by atoms with Crippen LogP contribution in [0.2, 0.25) is 0 Å². The zero-order chi connectivity index (χ0) is 22.0. The molecule has 1 fully saturated rings. The summed E-state index contributed by atoms with van der Waals surface area (Å²) in [6.07, 6.45) is 0. The predicted molar refractivity (Wildman–Crippen MR) is 118 cm³/mol. The van der Waals surface area contributed by atoms with Crippen molar-refractivity contribution in [3.63, 3.8) is 0 Å². The van der Waals surface area contributed by atoms with Gasteiger partial charge in [0.05, 0.1) is 7.11 Å². The second-order valence-corrected chi connectivity index (χ2v) is 9.79. The van der Waals surface area contributed by atoms with Crippen molar-refractivity contribution in [2.24, 2.45) is 0 Å². The normalized spacial score (nSPS) is 15.1. The molecule has 9 heteroatoms. The SMILES string of the molecule is COC(=O)c1scc(-c2ccccc2)c1S(=O)(=O)N1CCN(c2ccc(F)cc2)CC1. The second kappa shape index (κ2) is 8.78. The topological polar surface area (TPSA) is 66.9 Å². The number of halogens is 1. The van der Waals surface area contributed by atoms with Crippen molar-refractivity contribution in [1.82, 2.24) is 4.31 Å². The largest absolute Gasteiger partial charge is 0.465 e. The van der Waals surface area contributed by atoms with Crippen molar-refractivity contribution in [3.8, 4) is 11.1 Å². The number of anilines is 1. The Morgan fingerprint density at radius 1 is 1.00 bits per heavy atom. The predicted octanol–water partition coefficient (Wildman–Crippen LogP) is 3.85. The maximum atomic E-state index is 13.6. The van der Waals surface area contributed by atoms with Gasteiger partial charge in [-0.25, -0.2) is 17.6 Å². The van der Waals surface area contributed by atoms with Crippen molar-refractivity contribution < 1.29 is 22.3 Å². The minimum Gasteiger partial charge on any atom is -0.465 e. The number of hydrogen-bond donors (Lipinski definition) is 0. The van der Waals surface area contributed by atoms with Gasteiger partial charge in [0.25, 0.3) is 0 Å². The Kier molecular flexibility index (Phi) is 6.08. The minimum atomic E-state index is -3.94. The first kappa shape index (κ1) is 21.5. The molecule has 1 saturated heterocycles. The number of rotatable bonds is 5. The fourth-order valence-corrected chi connectivity index (χ4v) is 6.72. The lowest BCUT2D eigenvalue weighted by Gasteiger charge is -2.35.